The Bertz CT molecular complexity index is 809. The topological polar surface area (TPSA) is 109 Å². The predicted molar refractivity (Wildman–Crippen MR) is 89.3 cm³/mol. The molecule has 0 aliphatic carbocycles. The predicted octanol–water partition coefficient (Wildman–Crippen LogP) is 2.26. The molecule has 1 amide bonds. The van der Waals surface area contributed by atoms with Crippen molar-refractivity contribution in [2.75, 3.05) is 19.0 Å². The second kappa shape index (κ2) is 8.36. The van der Waals surface area contributed by atoms with Gasteiger partial charge in [-0.25, -0.2) is 4.79 Å². The van der Waals surface area contributed by atoms with Gasteiger partial charge in [0.1, 0.15) is 17.1 Å². The van der Waals surface area contributed by atoms with Crippen LogP contribution in [0.5, 0.6) is 11.5 Å². The minimum Gasteiger partial charge on any atom is -0.507 e. The lowest BCUT2D eigenvalue weighted by Gasteiger charge is -2.08. The van der Waals surface area contributed by atoms with Gasteiger partial charge in [-0.3, -0.25) is 4.79 Å². The molecule has 0 aromatic heterocycles. The molecule has 2 aromatic rings. The highest BCUT2D eigenvalue weighted by Gasteiger charge is 2.15. The Morgan fingerprint density at radius 1 is 1.20 bits per heavy atom. The van der Waals surface area contributed by atoms with Crippen molar-refractivity contribution in [1.82, 2.24) is 0 Å². The first-order chi connectivity index (χ1) is 12.0. The number of anilines is 1. The Hall–Kier alpha value is -3.53. The molecule has 0 saturated heterocycles. The van der Waals surface area contributed by atoms with E-state index in [-0.39, 0.29) is 17.7 Å². The molecule has 0 aliphatic heterocycles. The number of methoxy groups -OCH3 is 1. The lowest BCUT2D eigenvalue weighted by molar-refractivity contribution is -0.119. The van der Waals surface area contributed by atoms with Gasteiger partial charge in [0.2, 0.25) is 0 Å². The second-order valence-corrected chi connectivity index (χ2v) is 5.04. The number of carbonyl (C=O) groups is 2. The number of hydrogen-bond acceptors (Lipinski definition) is 6. The van der Waals surface area contributed by atoms with Gasteiger partial charge in [0.05, 0.1) is 19.6 Å². The van der Waals surface area contributed by atoms with Crippen LogP contribution in [-0.4, -0.2) is 30.7 Å². The van der Waals surface area contributed by atoms with Gasteiger partial charge in [-0.05, 0) is 29.8 Å². The Kier molecular flexibility index (Phi) is 5.96. The summed E-state index contributed by atoms with van der Waals surface area (Å²) in [4.78, 5) is 23.7. The molecule has 0 unspecified atom stereocenters. The van der Waals surface area contributed by atoms with Crippen molar-refractivity contribution in [2.24, 2.45) is 0 Å². The molecule has 25 heavy (non-hydrogen) atoms. The summed E-state index contributed by atoms with van der Waals surface area (Å²) in [5.41, 5.74) is 1.30. The van der Waals surface area contributed by atoms with Crippen LogP contribution in [0.15, 0.2) is 42.5 Å². The van der Waals surface area contributed by atoms with E-state index in [4.69, 9.17) is 14.7 Å². The van der Waals surface area contributed by atoms with Crippen LogP contribution in [0.1, 0.15) is 15.9 Å². The standard InChI is InChI=1S/C18H16N2O5/c1-24-14-6-7-15(16(21)10-14)18(23)25-11-17(22)20-13-4-2-12(3-5-13)8-9-19/h2-7,10,21H,8,11H2,1H3,(H,20,22). The molecule has 0 fully saturated rings. The third-order valence-electron chi connectivity index (χ3n) is 3.28. The average Bonchev–Trinajstić information content (AvgIpc) is 2.61. The summed E-state index contributed by atoms with van der Waals surface area (Å²) in [6, 6.07) is 12.9. The van der Waals surface area contributed by atoms with Crippen molar-refractivity contribution in [1.29, 1.82) is 5.26 Å². The van der Waals surface area contributed by atoms with Crippen LogP contribution in [0.4, 0.5) is 5.69 Å². The van der Waals surface area contributed by atoms with E-state index in [1.165, 1.54) is 25.3 Å². The Morgan fingerprint density at radius 2 is 1.92 bits per heavy atom. The molecule has 0 saturated carbocycles. The van der Waals surface area contributed by atoms with E-state index in [0.29, 0.717) is 11.4 Å². The lowest BCUT2D eigenvalue weighted by atomic mass is 10.1. The molecule has 0 radical (unpaired) electrons. The zero-order chi connectivity index (χ0) is 18.2. The van der Waals surface area contributed by atoms with Gasteiger partial charge in [0.15, 0.2) is 6.61 Å². The molecule has 7 nitrogen and oxygen atoms in total. The molecule has 128 valence electrons. The van der Waals surface area contributed by atoms with E-state index in [9.17, 15) is 14.7 Å². The number of rotatable bonds is 6. The van der Waals surface area contributed by atoms with Crippen LogP contribution in [-0.2, 0) is 16.0 Å². The number of esters is 1. The minimum atomic E-state index is -0.820. The third-order valence-corrected chi connectivity index (χ3v) is 3.28. The zero-order valence-corrected chi connectivity index (χ0v) is 13.5. The first-order valence-electron chi connectivity index (χ1n) is 7.33. The van der Waals surface area contributed by atoms with Crippen LogP contribution in [0.25, 0.3) is 0 Å². The molecule has 0 heterocycles. The van der Waals surface area contributed by atoms with E-state index in [1.807, 2.05) is 6.07 Å². The molecule has 0 spiro atoms. The highest BCUT2D eigenvalue weighted by molar-refractivity contribution is 5.96. The van der Waals surface area contributed by atoms with E-state index in [1.54, 1.807) is 24.3 Å². The fraction of sp³-hybridized carbons (Fsp3) is 0.167. The number of benzene rings is 2. The van der Waals surface area contributed by atoms with Gasteiger partial charge in [-0.1, -0.05) is 12.1 Å². The largest absolute Gasteiger partial charge is 0.507 e. The fourth-order valence-corrected chi connectivity index (χ4v) is 2.01. The molecule has 7 heteroatoms. The Labute approximate surface area is 144 Å². The van der Waals surface area contributed by atoms with Gasteiger partial charge in [-0.2, -0.15) is 5.26 Å². The maximum absolute atomic E-state index is 11.9. The Balaban J connectivity index is 1.89. The number of amides is 1. The van der Waals surface area contributed by atoms with Crippen LogP contribution < -0.4 is 10.1 Å². The number of hydrogen-bond donors (Lipinski definition) is 2. The number of phenols is 1. The van der Waals surface area contributed by atoms with Gasteiger partial charge < -0.3 is 19.9 Å². The lowest BCUT2D eigenvalue weighted by Crippen LogP contribution is -2.21. The van der Waals surface area contributed by atoms with Crippen molar-refractivity contribution in [3.63, 3.8) is 0 Å². The summed E-state index contributed by atoms with van der Waals surface area (Å²) < 4.78 is 9.81. The van der Waals surface area contributed by atoms with Crippen molar-refractivity contribution < 1.29 is 24.2 Å². The van der Waals surface area contributed by atoms with Crippen molar-refractivity contribution in [2.45, 2.75) is 6.42 Å². The number of aromatic hydroxyl groups is 1. The summed E-state index contributed by atoms with van der Waals surface area (Å²) in [5, 5.41) is 20.9. The summed E-state index contributed by atoms with van der Waals surface area (Å²) in [6.45, 7) is -0.496. The number of nitrogens with zero attached hydrogens (tertiary/aromatic N) is 1. The molecule has 2 rings (SSSR count). The zero-order valence-electron chi connectivity index (χ0n) is 13.5. The molecule has 0 atom stereocenters. The quantitative estimate of drug-likeness (QED) is 0.781. The van der Waals surface area contributed by atoms with Crippen molar-refractivity contribution >= 4 is 17.6 Å². The highest BCUT2D eigenvalue weighted by Crippen LogP contribution is 2.23. The summed E-state index contributed by atoms with van der Waals surface area (Å²) in [7, 11) is 1.43. The summed E-state index contributed by atoms with van der Waals surface area (Å²) in [5.74, 6) is -1.24. The van der Waals surface area contributed by atoms with E-state index in [2.05, 4.69) is 5.32 Å². The van der Waals surface area contributed by atoms with Gasteiger partial charge >= 0.3 is 5.97 Å². The van der Waals surface area contributed by atoms with Gasteiger partial charge in [0.25, 0.3) is 5.91 Å². The number of carbonyl (C=O) groups excluding carboxylic acids is 2. The molecule has 2 N–H and O–H groups in total. The van der Waals surface area contributed by atoms with Crippen molar-refractivity contribution in [3.05, 3.63) is 53.6 Å². The normalized spacial score (nSPS) is 9.76. The van der Waals surface area contributed by atoms with Crippen LogP contribution >= 0.6 is 0 Å². The molecule has 2 aromatic carbocycles. The molecular formula is C18H16N2O5. The molecular weight excluding hydrogens is 324 g/mol. The first-order valence-corrected chi connectivity index (χ1v) is 7.33. The smallest absolute Gasteiger partial charge is 0.342 e. The maximum Gasteiger partial charge on any atom is 0.342 e. The van der Waals surface area contributed by atoms with Crippen LogP contribution in [0, 0.1) is 11.3 Å². The Morgan fingerprint density at radius 3 is 2.52 bits per heavy atom. The number of nitriles is 1. The van der Waals surface area contributed by atoms with Gasteiger partial charge in [0, 0.05) is 11.8 Å². The molecule has 0 aliphatic rings. The van der Waals surface area contributed by atoms with Gasteiger partial charge in [-0.15, -0.1) is 0 Å². The SMILES string of the molecule is COc1ccc(C(=O)OCC(=O)Nc2ccc(CC#N)cc2)c(O)c1. The third kappa shape index (κ3) is 4.97. The van der Waals surface area contributed by atoms with E-state index in [0.717, 1.165) is 5.56 Å². The van der Waals surface area contributed by atoms with Crippen LogP contribution in [0.3, 0.4) is 0 Å². The van der Waals surface area contributed by atoms with E-state index >= 15 is 0 Å². The highest BCUT2D eigenvalue weighted by atomic mass is 16.5. The average molecular weight is 340 g/mol. The van der Waals surface area contributed by atoms with Crippen LogP contribution in [0.2, 0.25) is 0 Å². The summed E-state index contributed by atoms with van der Waals surface area (Å²) in [6.07, 6.45) is 0.289. The summed E-state index contributed by atoms with van der Waals surface area (Å²) >= 11 is 0. The molecule has 0 bridgehead atoms. The van der Waals surface area contributed by atoms with Crippen molar-refractivity contribution in [3.8, 4) is 17.6 Å². The maximum atomic E-state index is 11.9. The monoisotopic (exact) mass is 340 g/mol. The van der Waals surface area contributed by atoms with E-state index < -0.39 is 18.5 Å². The first kappa shape index (κ1) is 17.8. The number of phenolic OH excluding ortho intramolecular Hbond substituents is 1. The minimum absolute atomic E-state index is 0.0607. The second-order valence-electron chi connectivity index (χ2n) is 5.04. The number of ether oxygens (including phenoxy) is 2. The fourth-order valence-electron chi connectivity index (χ4n) is 2.01. The number of nitrogens with one attached hydrogen (secondary N) is 1.